The molecule has 12 aliphatic carbocycles. The van der Waals surface area contributed by atoms with Crippen molar-refractivity contribution in [2.24, 2.45) is 41.4 Å². The van der Waals surface area contributed by atoms with Gasteiger partial charge in [0, 0.05) is 58.5 Å². The van der Waals surface area contributed by atoms with Crippen molar-refractivity contribution in [3.8, 4) is 0 Å². The second-order valence-corrected chi connectivity index (χ2v) is 17.6. The molecule has 12 aliphatic rings. The Hall–Kier alpha value is -3.29. The zero-order valence-electron chi connectivity index (χ0n) is 25.7. The fourth-order valence-electron chi connectivity index (χ4n) is 15.1. The average Bonchev–Trinajstić information content (AvgIpc) is 3.38. The lowest BCUT2D eigenvalue weighted by molar-refractivity contribution is 0.253. The van der Waals surface area contributed by atoms with Gasteiger partial charge in [0.15, 0.2) is 0 Å². The summed E-state index contributed by atoms with van der Waals surface area (Å²) in [7, 11) is 0. The molecule has 0 amide bonds. The first-order valence-corrected chi connectivity index (χ1v) is 18.2. The van der Waals surface area contributed by atoms with E-state index in [0.29, 0.717) is 53.3 Å². The van der Waals surface area contributed by atoms with E-state index in [0.717, 1.165) is 18.3 Å². The Morgan fingerprint density at radius 3 is 2.09 bits per heavy atom. The molecule has 0 N–H and O–H groups in total. The van der Waals surface area contributed by atoms with Crippen LogP contribution in [0.4, 0.5) is 0 Å². The molecule has 0 spiro atoms. The van der Waals surface area contributed by atoms with Gasteiger partial charge in [-0.1, -0.05) is 74.1 Å². The second kappa shape index (κ2) is 5.85. The minimum absolute atomic E-state index is 0.218. The third-order valence-corrected chi connectivity index (χ3v) is 17.1. The Morgan fingerprint density at radius 2 is 1.36 bits per heavy atom. The van der Waals surface area contributed by atoms with E-state index in [-0.39, 0.29) is 5.25 Å². The third kappa shape index (κ3) is 1.61. The van der Waals surface area contributed by atoms with Crippen LogP contribution in [0.25, 0.3) is 21.5 Å². The first-order valence-electron chi connectivity index (χ1n) is 17.7. The van der Waals surface area contributed by atoms with E-state index in [2.05, 4.69) is 39.7 Å². The van der Waals surface area contributed by atoms with Crippen molar-refractivity contribution >= 4 is 34.2 Å². The summed E-state index contributed by atoms with van der Waals surface area (Å²) in [5, 5.41) is 6.99. The molecule has 0 aromatic heterocycles. The summed E-state index contributed by atoms with van der Waals surface area (Å²) in [6.07, 6.45) is 4.88. The van der Waals surface area contributed by atoms with Crippen LogP contribution in [-0.4, -0.2) is 5.25 Å². The Bertz CT molecular complexity index is 2540. The minimum atomic E-state index is 0.218. The van der Waals surface area contributed by atoms with E-state index in [1.54, 1.807) is 99.5 Å². The number of thiol groups is 1. The molecule has 0 saturated heterocycles. The highest BCUT2D eigenvalue weighted by Crippen LogP contribution is 2.84. The summed E-state index contributed by atoms with van der Waals surface area (Å²) in [5.74, 6) is 7.08. The van der Waals surface area contributed by atoms with Crippen LogP contribution >= 0.6 is 12.6 Å². The van der Waals surface area contributed by atoms with E-state index >= 15 is 0 Å². The van der Waals surface area contributed by atoms with Gasteiger partial charge in [-0.3, -0.25) is 0 Å². The van der Waals surface area contributed by atoms with Crippen molar-refractivity contribution in [3.05, 3.63) is 138 Å². The molecule has 0 aliphatic heterocycles. The molecule has 2 saturated carbocycles. The minimum Gasteiger partial charge on any atom is -0.167 e. The molecule has 3 aromatic rings. The lowest BCUT2D eigenvalue weighted by Crippen LogP contribution is -2.55. The highest BCUT2D eigenvalue weighted by Gasteiger charge is 2.71. The van der Waals surface area contributed by atoms with Crippen LogP contribution in [0.5, 0.6) is 0 Å². The lowest BCUT2D eigenvalue weighted by atomic mass is 9.39. The monoisotopic (exact) mass is 592 g/mol. The predicted octanol–water partition coefficient (Wildman–Crippen LogP) is 9.87. The maximum Gasteiger partial charge on any atom is 0.0494 e. The van der Waals surface area contributed by atoms with E-state index in [4.69, 9.17) is 19.2 Å². The molecular formula is C44H32S. The van der Waals surface area contributed by atoms with Gasteiger partial charge < -0.3 is 0 Å². The first-order chi connectivity index (χ1) is 21.9. The summed E-state index contributed by atoms with van der Waals surface area (Å²) >= 11 is 5.49. The summed E-state index contributed by atoms with van der Waals surface area (Å²) < 4.78 is 0. The van der Waals surface area contributed by atoms with Crippen LogP contribution in [0, 0.1) is 41.4 Å². The number of allylic oxidation sites excluding steroid dienone is 14. The Morgan fingerprint density at radius 1 is 0.689 bits per heavy atom. The van der Waals surface area contributed by atoms with Gasteiger partial charge in [0.05, 0.1) is 0 Å². The van der Waals surface area contributed by atoms with Gasteiger partial charge in [-0.05, 0) is 124 Å². The summed E-state index contributed by atoms with van der Waals surface area (Å²) in [4.78, 5) is 0. The lowest BCUT2D eigenvalue weighted by Gasteiger charge is -2.64. The van der Waals surface area contributed by atoms with Crippen molar-refractivity contribution in [2.75, 3.05) is 0 Å². The van der Waals surface area contributed by atoms with E-state index in [1.807, 2.05) is 0 Å². The molecule has 12 atom stereocenters. The second-order valence-electron chi connectivity index (χ2n) is 17.1. The molecule has 3 aromatic carbocycles. The van der Waals surface area contributed by atoms with E-state index in [1.165, 1.54) is 34.3 Å². The fraction of sp³-hybridized carbons (Fsp3) is 0.364. The van der Waals surface area contributed by atoms with Crippen LogP contribution in [0.15, 0.2) is 116 Å². The van der Waals surface area contributed by atoms with Crippen LogP contribution < -0.4 is 0 Å². The van der Waals surface area contributed by atoms with Gasteiger partial charge in [0.25, 0.3) is 0 Å². The highest BCUT2D eigenvalue weighted by molar-refractivity contribution is 7.81. The molecule has 0 bridgehead atoms. The van der Waals surface area contributed by atoms with Crippen LogP contribution in [0.1, 0.15) is 72.6 Å². The smallest absolute Gasteiger partial charge is 0.0494 e. The first kappa shape index (κ1) is 22.3. The van der Waals surface area contributed by atoms with Gasteiger partial charge in [-0.25, -0.2) is 0 Å². The zero-order chi connectivity index (χ0) is 29.3. The predicted molar refractivity (Wildman–Crippen MR) is 184 cm³/mol. The molecule has 2 fully saturated rings. The van der Waals surface area contributed by atoms with Crippen molar-refractivity contribution in [1.29, 1.82) is 0 Å². The van der Waals surface area contributed by atoms with Crippen molar-refractivity contribution < 1.29 is 0 Å². The fourth-order valence-corrected chi connectivity index (χ4v) is 15.7. The molecule has 1 heteroatoms. The van der Waals surface area contributed by atoms with Crippen LogP contribution in [0.3, 0.4) is 0 Å². The average molecular weight is 593 g/mol. The summed E-state index contributed by atoms with van der Waals surface area (Å²) in [6, 6.07) is 0. The number of fused-ring (bicyclic) bond motifs is 30. The summed E-state index contributed by atoms with van der Waals surface area (Å²) in [6.45, 7) is 23.3. The Balaban J connectivity index is 0.802. The van der Waals surface area contributed by atoms with Gasteiger partial charge in [0.1, 0.15) is 0 Å². The summed E-state index contributed by atoms with van der Waals surface area (Å²) in [5.41, 5.74) is 30.8. The Kier molecular flexibility index (Phi) is 2.90. The number of rotatable bonds is 1. The number of hydrogen-bond acceptors (Lipinski definition) is 1. The van der Waals surface area contributed by atoms with E-state index in [9.17, 15) is 0 Å². The number of benzene rings is 2. The number of hydrogen-bond donors (Lipinski definition) is 1. The highest BCUT2D eigenvalue weighted by atomic mass is 32.1. The standard InChI is InChI=1S/C44H32S/c1-7-15-9-17-19(15)12(4)22-27(17)34-29(22)31-23-14(6)25-20(28(23)35(31)34)13(5)24-32-37-39-38-33-26-16-8-10(2)18(16)11(3)21(26)30(33)36(38)40(39)41(37)42(32)43(24)44(25)45/h9,13,16,18,21-22,26-27,31-32,35,42,44-45H,2-4,6-8H2,1,5H3/t13?,16-,18?,21?,22?,26?,27?,31?,32?,35?,42?,44+/m1/s1. The van der Waals surface area contributed by atoms with Crippen LogP contribution in [0.2, 0.25) is 0 Å². The molecule has 10 unspecified atom stereocenters. The van der Waals surface area contributed by atoms with Gasteiger partial charge in [-0.15, -0.1) is 0 Å². The molecule has 0 radical (unpaired) electrons. The molecule has 214 valence electrons. The van der Waals surface area contributed by atoms with Gasteiger partial charge in [-0.2, -0.15) is 12.6 Å². The van der Waals surface area contributed by atoms with Crippen molar-refractivity contribution in [2.45, 2.75) is 55.6 Å². The third-order valence-electron chi connectivity index (χ3n) is 16.5. The van der Waals surface area contributed by atoms with Gasteiger partial charge in [0.2, 0.25) is 0 Å². The van der Waals surface area contributed by atoms with Gasteiger partial charge >= 0.3 is 0 Å². The zero-order valence-corrected chi connectivity index (χ0v) is 26.6. The maximum atomic E-state index is 5.49. The SMILES string of the molecule is C=C1C2=C(C3=C1[C@H](S)C1=C(C3C)C3c4c(c5c4c4c6c(c54)C4C(=C)C5C(=C)C[C@H]5C64)C13)C1C3=C(C4C(=C)C5=C(C=C5CC)C34)C21. The van der Waals surface area contributed by atoms with Crippen LogP contribution in [-0.2, 0) is 0 Å². The molecule has 0 nitrogen and oxygen atoms in total. The Labute approximate surface area is 268 Å². The molecule has 0 heterocycles. The normalized spacial score (nSPS) is 45.5. The topological polar surface area (TPSA) is 0 Å². The maximum absolute atomic E-state index is 5.49. The molecule has 45 heavy (non-hydrogen) atoms. The molecule has 15 rings (SSSR count). The van der Waals surface area contributed by atoms with E-state index < -0.39 is 0 Å². The molecular weight excluding hydrogens is 561 g/mol. The van der Waals surface area contributed by atoms with Crippen molar-refractivity contribution in [3.63, 3.8) is 0 Å². The quantitative estimate of drug-likeness (QED) is 0.211. The van der Waals surface area contributed by atoms with Crippen molar-refractivity contribution in [1.82, 2.24) is 0 Å². The largest absolute Gasteiger partial charge is 0.167 e.